The van der Waals surface area contributed by atoms with Crippen molar-refractivity contribution in [2.45, 2.75) is 12.8 Å². The number of carbonyl (C=O) groups excluding carboxylic acids is 2. The maximum atomic E-state index is 11.4. The second-order valence-corrected chi connectivity index (χ2v) is 3.59. The van der Waals surface area contributed by atoms with Gasteiger partial charge in [-0.25, -0.2) is 0 Å². The number of primary amides is 1. The van der Waals surface area contributed by atoms with Crippen LogP contribution in [0.5, 0.6) is 0 Å². The van der Waals surface area contributed by atoms with Gasteiger partial charge in [0.25, 0.3) is 0 Å². The van der Waals surface area contributed by atoms with Gasteiger partial charge in [-0.05, 0) is 19.9 Å². The molecule has 2 amide bonds. The standard InChI is InChI=1S/C9H17N3O2/c1-11-6-8(13)12-4-2-7(3-5-12)9(10)14/h7,11H,2-6H2,1H3,(H2,10,14). The quantitative estimate of drug-likeness (QED) is 0.607. The van der Waals surface area contributed by atoms with Gasteiger partial charge in [0.1, 0.15) is 0 Å². The molecule has 1 saturated heterocycles. The van der Waals surface area contributed by atoms with Gasteiger partial charge in [0.2, 0.25) is 11.8 Å². The number of hydrogen-bond donors (Lipinski definition) is 2. The minimum atomic E-state index is -0.245. The van der Waals surface area contributed by atoms with Gasteiger partial charge in [0.05, 0.1) is 6.54 Å². The summed E-state index contributed by atoms with van der Waals surface area (Å²) < 4.78 is 0. The summed E-state index contributed by atoms with van der Waals surface area (Å²) in [4.78, 5) is 24.1. The van der Waals surface area contributed by atoms with Gasteiger partial charge in [0, 0.05) is 19.0 Å². The van der Waals surface area contributed by atoms with Crippen molar-refractivity contribution >= 4 is 11.8 Å². The molecule has 1 aliphatic rings. The molecule has 1 rings (SSSR count). The van der Waals surface area contributed by atoms with Gasteiger partial charge < -0.3 is 16.0 Å². The van der Waals surface area contributed by atoms with Crippen molar-refractivity contribution in [2.75, 3.05) is 26.7 Å². The average Bonchev–Trinajstić information content (AvgIpc) is 2.18. The number of nitrogens with two attached hydrogens (primary N) is 1. The van der Waals surface area contributed by atoms with E-state index in [0.717, 1.165) is 0 Å². The SMILES string of the molecule is CNCC(=O)N1CCC(C(N)=O)CC1. The van der Waals surface area contributed by atoms with Crippen molar-refractivity contribution in [2.24, 2.45) is 11.7 Å². The lowest BCUT2D eigenvalue weighted by Crippen LogP contribution is -2.44. The highest BCUT2D eigenvalue weighted by molar-refractivity contribution is 5.79. The van der Waals surface area contributed by atoms with Crippen molar-refractivity contribution in [1.29, 1.82) is 0 Å². The largest absolute Gasteiger partial charge is 0.369 e. The highest BCUT2D eigenvalue weighted by atomic mass is 16.2. The highest BCUT2D eigenvalue weighted by Gasteiger charge is 2.25. The Balaban J connectivity index is 2.35. The molecule has 14 heavy (non-hydrogen) atoms. The van der Waals surface area contributed by atoms with E-state index in [4.69, 9.17) is 5.73 Å². The van der Waals surface area contributed by atoms with E-state index in [2.05, 4.69) is 5.32 Å². The van der Waals surface area contributed by atoms with Crippen LogP contribution in [0.15, 0.2) is 0 Å². The maximum absolute atomic E-state index is 11.4. The van der Waals surface area contributed by atoms with Gasteiger partial charge in [0.15, 0.2) is 0 Å². The van der Waals surface area contributed by atoms with Crippen LogP contribution < -0.4 is 11.1 Å². The van der Waals surface area contributed by atoms with Crippen LogP contribution in [0.3, 0.4) is 0 Å². The van der Waals surface area contributed by atoms with E-state index in [1.165, 1.54) is 0 Å². The minimum Gasteiger partial charge on any atom is -0.369 e. The predicted molar refractivity (Wildman–Crippen MR) is 52.4 cm³/mol. The van der Waals surface area contributed by atoms with Crippen LogP contribution in [0.4, 0.5) is 0 Å². The molecule has 1 aliphatic heterocycles. The molecule has 80 valence electrons. The van der Waals surface area contributed by atoms with Crippen LogP contribution in [0.25, 0.3) is 0 Å². The van der Waals surface area contributed by atoms with E-state index < -0.39 is 0 Å². The molecular formula is C9H17N3O2. The molecule has 0 atom stereocenters. The van der Waals surface area contributed by atoms with Crippen molar-refractivity contribution in [1.82, 2.24) is 10.2 Å². The summed E-state index contributed by atoms with van der Waals surface area (Å²) in [7, 11) is 1.74. The van der Waals surface area contributed by atoms with Crippen molar-refractivity contribution in [3.63, 3.8) is 0 Å². The van der Waals surface area contributed by atoms with E-state index in [9.17, 15) is 9.59 Å². The van der Waals surface area contributed by atoms with Crippen LogP contribution >= 0.6 is 0 Å². The lowest BCUT2D eigenvalue weighted by molar-refractivity contribution is -0.134. The molecule has 5 nitrogen and oxygen atoms in total. The number of likely N-dealkylation sites (N-methyl/N-ethyl adjacent to an activating group) is 1. The monoisotopic (exact) mass is 199 g/mol. The number of piperidine rings is 1. The number of nitrogens with one attached hydrogen (secondary N) is 1. The van der Waals surface area contributed by atoms with Gasteiger partial charge in [-0.1, -0.05) is 0 Å². The van der Waals surface area contributed by atoms with Crippen molar-refractivity contribution in [3.05, 3.63) is 0 Å². The summed E-state index contributed by atoms with van der Waals surface area (Å²) in [6.07, 6.45) is 1.40. The van der Waals surface area contributed by atoms with E-state index in [1.54, 1.807) is 11.9 Å². The molecule has 0 spiro atoms. The third-order valence-corrected chi connectivity index (χ3v) is 2.58. The number of hydrogen-bond acceptors (Lipinski definition) is 3. The smallest absolute Gasteiger partial charge is 0.236 e. The Hall–Kier alpha value is -1.10. The Morgan fingerprint density at radius 2 is 2.00 bits per heavy atom. The topological polar surface area (TPSA) is 75.4 Å². The average molecular weight is 199 g/mol. The number of likely N-dealkylation sites (tertiary alicyclic amines) is 1. The molecule has 1 heterocycles. The second-order valence-electron chi connectivity index (χ2n) is 3.59. The van der Waals surface area contributed by atoms with Crippen LogP contribution in [-0.4, -0.2) is 43.4 Å². The number of carbonyl (C=O) groups is 2. The van der Waals surface area contributed by atoms with E-state index >= 15 is 0 Å². The molecule has 0 unspecified atom stereocenters. The first kappa shape index (κ1) is 11.0. The molecule has 0 aliphatic carbocycles. The molecule has 0 aromatic rings. The van der Waals surface area contributed by atoms with E-state index in [-0.39, 0.29) is 17.7 Å². The molecule has 0 bridgehead atoms. The van der Waals surface area contributed by atoms with Gasteiger partial charge in [-0.3, -0.25) is 9.59 Å². The van der Waals surface area contributed by atoms with Crippen LogP contribution in [0.1, 0.15) is 12.8 Å². The summed E-state index contributed by atoms with van der Waals surface area (Å²) in [5.41, 5.74) is 5.19. The Morgan fingerprint density at radius 3 is 2.43 bits per heavy atom. The Kier molecular flexibility index (Phi) is 3.88. The van der Waals surface area contributed by atoms with Crippen molar-refractivity contribution in [3.8, 4) is 0 Å². The lowest BCUT2D eigenvalue weighted by atomic mass is 9.96. The first-order valence-electron chi connectivity index (χ1n) is 4.87. The minimum absolute atomic E-state index is 0.0476. The van der Waals surface area contributed by atoms with Crippen LogP contribution in [0.2, 0.25) is 0 Å². The summed E-state index contributed by atoms with van der Waals surface area (Å²) in [5, 5.41) is 2.82. The lowest BCUT2D eigenvalue weighted by Gasteiger charge is -2.30. The second kappa shape index (κ2) is 4.95. The highest BCUT2D eigenvalue weighted by Crippen LogP contribution is 2.16. The zero-order chi connectivity index (χ0) is 10.6. The normalized spacial score (nSPS) is 18.2. The van der Waals surface area contributed by atoms with Gasteiger partial charge in [-0.15, -0.1) is 0 Å². The maximum Gasteiger partial charge on any atom is 0.236 e. The summed E-state index contributed by atoms with van der Waals surface area (Å²) >= 11 is 0. The van der Waals surface area contributed by atoms with Gasteiger partial charge >= 0.3 is 0 Å². The number of amides is 2. The Morgan fingerprint density at radius 1 is 1.43 bits per heavy atom. The Bertz CT molecular complexity index is 222. The molecule has 0 aromatic heterocycles. The molecule has 3 N–H and O–H groups in total. The van der Waals surface area contributed by atoms with Gasteiger partial charge in [-0.2, -0.15) is 0 Å². The van der Waals surface area contributed by atoms with Crippen LogP contribution in [-0.2, 0) is 9.59 Å². The molecule has 5 heteroatoms. The fourth-order valence-electron chi connectivity index (χ4n) is 1.68. The first-order valence-corrected chi connectivity index (χ1v) is 4.87. The Labute approximate surface area is 83.6 Å². The molecule has 0 aromatic carbocycles. The zero-order valence-electron chi connectivity index (χ0n) is 8.45. The van der Waals surface area contributed by atoms with Crippen LogP contribution in [0, 0.1) is 5.92 Å². The summed E-state index contributed by atoms with van der Waals surface area (Å²) in [6, 6.07) is 0. The summed E-state index contributed by atoms with van der Waals surface area (Å²) in [5.74, 6) is -0.199. The third-order valence-electron chi connectivity index (χ3n) is 2.58. The molecule has 1 fully saturated rings. The predicted octanol–water partition coefficient (Wildman–Crippen LogP) is -1.07. The van der Waals surface area contributed by atoms with Crippen molar-refractivity contribution < 1.29 is 9.59 Å². The number of rotatable bonds is 3. The first-order chi connectivity index (χ1) is 6.65. The molecule has 0 saturated carbocycles. The third kappa shape index (κ3) is 2.70. The zero-order valence-corrected chi connectivity index (χ0v) is 8.45. The van der Waals surface area contributed by atoms with E-state index in [1.807, 2.05) is 0 Å². The fourth-order valence-corrected chi connectivity index (χ4v) is 1.68. The summed E-state index contributed by atoms with van der Waals surface area (Å²) in [6.45, 7) is 1.66. The molecule has 0 radical (unpaired) electrons. The number of nitrogens with zero attached hydrogens (tertiary/aromatic N) is 1. The van der Waals surface area contributed by atoms with E-state index in [0.29, 0.717) is 32.5 Å². The molecular weight excluding hydrogens is 182 g/mol. The fraction of sp³-hybridized carbons (Fsp3) is 0.778.